The minimum Gasteiger partial charge on any atom is -0.480 e. The quantitative estimate of drug-likeness (QED) is 0.720. The maximum atomic E-state index is 12.2. The molecule has 8 nitrogen and oxygen atoms in total. The number of pyridine rings is 1. The molecule has 0 bridgehead atoms. The van der Waals surface area contributed by atoms with Crippen LogP contribution in [0.2, 0.25) is 0 Å². The Morgan fingerprint density at radius 3 is 2.96 bits per heavy atom. The number of nitrogens with one attached hydrogen (secondary N) is 1. The van der Waals surface area contributed by atoms with E-state index in [0.29, 0.717) is 19.6 Å². The van der Waals surface area contributed by atoms with Gasteiger partial charge in [0.1, 0.15) is 12.7 Å². The van der Waals surface area contributed by atoms with Crippen molar-refractivity contribution in [2.24, 2.45) is 0 Å². The average Bonchev–Trinajstić information content (AvgIpc) is 2.53. The van der Waals surface area contributed by atoms with Gasteiger partial charge in [0.2, 0.25) is 5.91 Å². The maximum Gasteiger partial charge on any atom is 0.329 e. The Morgan fingerprint density at radius 1 is 1.46 bits per heavy atom. The smallest absolute Gasteiger partial charge is 0.329 e. The molecule has 1 amide bonds. The molecule has 24 heavy (non-hydrogen) atoms. The van der Waals surface area contributed by atoms with Crippen LogP contribution in [0.3, 0.4) is 0 Å². The molecule has 2 atom stereocenters. The van der Waals surface area contributed by atoms with Crippen LogP contribution in [0.15, 0.2) is 23.0 Å². The molecule has 132 valence electrons. The first-order chi connectivity index (χ1) is 11.5. The molecule has 2 heterocycles. The van der Waals surface area contributed by atoms with E-state index in [0.717, 1.165) is 5.69 Å². The Balaban J connectivity index is 1.88. The highest BCUT2D eigenvalue weighted by molar-refractivity contribution is 5.76. The van der Waals surface area contributed by atoms with Crippen molar-refractivity contribution in [3.8, 4) is 0 Å². The molecule has 0 aromatic carbocycles. The van der Waals surface area contributed by atoms with Crippen molar-refractivity contribution in [3.05, 3.63) is 34.2 Å². The number of hydrogen-bond acceptors (Lipinski definition) is 5. The van der Waals surface area contributed by atoms with E-state index in [1.165, 1.54) is 6.07 Å². The molecule has 1 fully saturated rings. The summed E-state index contributed by atoms with van der Waals surface area (Å²) in [7, 11) is 0. The Hall–Kier alpha value is -2.19. The van der Waals surface area contributed by atoms with Gasteiger partial charge in [-0.1, -0.05) is 6.07 Å². The number of aromatic nitrogens is 1. The molecule has 1 aromatic rings. The van der Waals surface area contributed by atoms with E-state index in [9.17, 15) is 14.4 Å². The van der Waals surface area contributed by atoms with E-state index in [1.807, 2.05) is 13.0 Å². The summed E-state index contributed by atoms with van der Waals surface area (Å²) < 4.78 is 12.1. The van der Waals surface area contributed by atoms with Gasteiger partial charge in [-0.15, -0.1) is 0 Å². The topological polar surface area (TPSA) is 107 Å². The summed E-state index contributed by atoms with van der Waals surface area (Å²) in [6.45, 7) is 2.40. The van der Waals surface area contributed by atoms with Crippen molar-refractivity contribution in [1.82, 2.24) is 9.88 Å². The molecule has 0 aliphatic carbocycles. The monoisotopic (exact) mass is 338 g/mol. The zero-order chi connectivity index (χ0) is 17.5. The Morgan fingerprint density at radius 2 is 2.25 bits per heavy atom. The predicted octanol–water partition coefficient (Wildman–Crippen LogP) is -0.0783. The Bertz CT molecular complexity index is 642. The minimum absolute atomic E-state index is 0.142. The lowest BCUT2D eigenvalue weighted by atomic mass is 10.1. The first-order valence-electron chi connectivity index (χ1n) is 7.84. The zero-order valence-electron chi connectivity index (χ0n) is 13.6. The second-order valence-electron chi connectivity index (χ2n) is 5.69. The van der Waals surface area contributed by atoms with Crippen LogP contribution >= 0.6 is 0 Å². The third kappa shape index (κ3) is 5.17. The highest BCUT2D eigenvalue weighted by atomic mass is 16.5. The second kappa shape index (κ2) is 8.60. The molecular weight excluding hydrogens is 316 g/mol. The SMILES string of the molecule is Cc1cccc(=O)n1CCC(=O)N[C@@H]1CCOC[C@H]1OCC(=O)O. The van der Waals surface area contributed by atoms with E-state index >= 15 is 0 Å². The number of carbonyl (C=O) groups excluding carboxylic acids is 1. The van der Waals surface area contributed by atoms with Crippen molar-refractivity contribution in [2.45, 2.75) is 38.5 Å². The molecule has 0 unspecified atom stereocenters. The lowest BCUT2D eigenvalue weighted by Gasteiger charge is -2.31. The summed E-state index contributed by atoms with van der Waals surface area (Å²) >= 11 is 0. The minimum atomic E-state index is -1.07. The van der Waals surface area contributed by atoms with Gasteiger partial charge in [-0.2, -0.15) is 0 Å². The number of nitrogens with zero attached hydrogens (tertiary/aromatic N) is 1. The number of hydrogen-bond donors (Lipinski definition) is 2. The fourth-order valence-corrected chi connectivity index (χ4v) is 2.62. The largest absolute Gasteiger partial charge is 0.480 e. The van der Waals surface area contributed by atoms with Crippen molar-refractivity contribution in [3.63, 3.8) is 0 Å². The molecule has 0 saturated carbocycles. The zero-order valence-corrected chi connectivity index (χ0v) is 13.6. The molecule has 2 N–H and O–H groups in total. The molecular formula is C16H22N2O6. The highest BCUT2D eigenvalue weighted by Gasteiger charge is 2.28. The first-order valence-corrected chi connectivity index (χ1v) is 7.84. The lowest BCUT2D eigenvalue weighted by Crippen LogP contribution is -2.50. The maximum absolute atomic E-state index is 12.2. The third-order valence-corrected chi connectivity index (χ3v) is 3.90. The Labute approximate surface area is 139 Å². The van der Waals surface area contributed by atoms with Crippen LogP contribution in [0.4, 0.5) is 0 Å². The van der Waals surface area contributed by atoms with Gasteiger partial charge in [-0.3, -0.25) is 9.59 Å². The Kier molecular flexibility index (Phi) is 6.51. The summed E-state index contributed by atoms with van der Waals surface area (Å²) in [5.74, 6) is -1.27. The van der Waals surface area contributed by atoms with Gasteiger partial charge in [0.15, 0.2) is 0 Å². The van der Waals surface area contributed by atoms with Crippen LogP contribution in [-0.4, -0.2) is 53.5 Å². The summed E-state index contributed by atoms with van der Waals surface area (Å²) in [6.07, 6.45) is 0.230. The van der Waals surface area contributed by atoms with Gasteiger partial charge in [0.05, 0.1) is 12.6 Å². The van der Waals surface area contributed by atoms with Crippen LogP contribution in [-0.2, 0) is 25.6 Å². The van der Waals surface area contributed by atoms with Gasteiger partial charge in [-0.25, -0.2) is 4.79 Å². The van der Waals surface area contributed by atoms with Gasteiger partial charge >= 0.3 is 5.97 Å². The average molecular weight is 338 g/mol. The molecule has 8 heteroatoms. The fraction of sp³-hybridized carbons (Fsp3) is 0.562. The van der Waals surface area contributed by atoms with Gasteiger partial charge < -0.3 is 24.5 Å². The number of ether oxygens (including phenoxy) is 2. The van der Waals surface area contributed by atoms with E-state index in [1.54, 1.807) is 10.6 Å². The van der Waals surface area contributed by atoms with Crippen LogP contribution in [0, 0.1) is 6.92 Å². The van der Waals surface area contributed by atoms with Crippen molar-refractivity contribution in [1.29, 1.82) is 0 Å². The van der Waals surface area contributed by atoms with Gasteiger partial charge in [0, 0.05) is 31.3 Å². The lowest BCUT2D eigenvalue weighted by molar-refractivity contribution is -0.149. The number of amides is 1. The van der Waals surface area contributed by atoms with Gasteiger partial charge in [-0.05, 0) is 19.4 Å². The summed E-state index contributed by atoms with van der Waals surface area (Å²) in [5.41, 5.74) is 0.653. The summed E-state index contributed by atoms with van der Waals surface area (Å²) in [5, 5.41) is 11.5. The highest BCUT2D eigenvalue weighted by Crippen LogP contribution is 2.12. The van der Waals surface area contributed by atoms with Crippen LogP contribution in [0.25, 0.3) is 0 Å². The van der Waals surface area contributed by atoms with Crippen molar-refractivity contribution in [2.75, 3.05) is 19.8 Å². The van der Waals surface area contributed by atoms with Crippen LogP contribution < -0.4 is 10.9 Å². The van der Waals surface area contributed by atoms with Crippen molar-refractivity contribution >= 4 is 11.9 Å². The van der Waals surface area contributed by atoms with E-state index in [-0.39, 0.29) is 30.5 Å². The van der Waals surface area contributed by atoms with E-state index < -0.39 is 18.7 Å². The second-order valence-corrected chi connectivity index (χ2v) is 5.69. The molecule has 0 radical (unpaired) electrons. The number of carboxylic acid groups (broad SMARTS) is 1. The number of carboxylic acids is 1. The normalized spacial score (nSPS) is 20.5. The standard InChI is InChI=1S/C16H22N2O6/c1-11-3-2-4-15(20)18(11)7-5-14(19)17-12-6-8-23-9-13(12)24-10-16(21)22/h2-4,12-13H,5-10H2,1H3,(H,17,19)(H,21,22)/t12-,13-/m1/s1. The molecule has 1 aliphatic heterocycles. The fourth-order valence-electron chi connectivity index (χ4n) is 2.62. The number of aryl methyl sites for hydroxylation is 1. The molecule has 0 spiro atoms. The van der Waals surface area contributed by atoms with E-state index in [4.69, 9.17) is 14.6 Å². The number of aliphatic carboxylic acids is 1. The molecule has 1 saturated heterocycles. The van der Waals surface area contributed by atoms with E-state index in [2.05, 4.69) is 5.32 Å². The van der Waals surface area contributed by atoms with Crippen LogP contribution in [0.1, 0.15) is 18.5 Å². The third-order valence-electron chi connectivity index (χ3n) is 3.90. The number of rotatable bonds is 7. The molecule has 1 aromatic heterocycles. The predicted molar refractivity (Wildman–Crippen MR) is 84.8 cm³/mol. The summed E-state index contributed by atoms with van der Waals surface area (Å²) in [4.78, 5) is 34.5. The van der Waals surface area contributed by atoms with Gasteiger partial charge in [0.25, 0.3) is 5.56 Å². The van der Waals surface area contributed by atoms with Crippen molar-refractivity contribution < 1.29 is 24.2 Å². The van der Waals surface area contributed by atoms with Crippen LogP contribution in [0.5, 0.6) is 0 Å². The first kappa shape index (κ1) is 18.2. The number of carbonyl (C=O) groups is 2. The summed E-state index contributed by atoms with van der Waals surface area (Å²) in [6, 6.07) is 4.66. The molecule has 1 aliphatic rings. The molecule has 2 rings (SSSR count).